The Kier molecular flexibility index (Phi) is 5.72. The highest BCUT2D eigenvalue weighted by Gasteiger charge is 2.13. The Labute approximate surface area is 178 Å². The van der Waals surface area contributed by atoms with Crippen molar-refractivity contribution >= 4 is 11.8 Å². The molecule has 0 unspecified atom stereocenters. The summed E-state index contributed by atoms with van der Waals surface area (Å²) in [6, 6.07) is 21.6. The SMILES string of the molecule is Cn1c(CSCc2cn(-c3ccccc3)nc2-c2ccccc2)cc(=O)n(C)c1=O. The van der Waals surface area contributed by atoms with Gasteiger partial charge in [0.25, 0.3) is 5.56 Å². The van der Waals surface area contributed by atoms with E-state index < -0.39 is 0 Å². The van der Waals surface area contributed by atoms with Crippen LogP contribution in [0.4, 0.5) is 0 Å². The Hall–Kier alpha value is -3.32. The second kappa shape index (κ2) is 8.59. The van der Waals surface area contributed by atoms with Crippen LogP contribution >= 0.6 is 11.8 Å². The van der Waals surface area contributed by atoms with Gasteiger partial charge in [-0.1, -0.05) is 48.5 Å². The first kappa shape index (κ1) is 20.0. The zero-order valence-corrected chi connectivity index (χ0v) is 17.7. The molecule has 30 heavy (non-hydrogen) atoms. The highest BCUT2D eigenvalue weighted by molar-refractivity contribution is 7.97. The molecule has 152 valence electrons. The summed E-state index contributed by atoms with van der Waals surface area (Å²) in [5.74, 6) is 1.27. The lowest BCUT2D eigenvalue weighted by molar-refractivity contribution is 0.665. The number of aromatic nitrogens is 4. The van der Waals surface area contributed by atoms with Gasteiger partial charge in [-0.2, -0.15) is 16.9 Å². The summed E-state index contributed by atoms with van der Waals surface area (Å²) in [5.41, 5.74) is 4.22. The van der Waals surface area contributed by atoms with Crippen molar-refractivity contribution in [1.29, 1.82) is 0 Å². The maximum Gasteiger partial charge on any atom is 0.330 e. The molecule has 0 atom stereocenters. The van der Waals surface area contributed by atoms with Crippen molar-refractivity contribution in [2.24, 2.45) is 14.1 Å². The summed E-state index contributed by atoms with van der Waals surface area (Å²) >= 11 is 1.65. The van der Waals surface area contributed by atoms with Crippen molar-refractivity contribution in [2.45, 2.75) is 11.5 Å². The van der Waals surface area contributed by atoms with Crippen LogP contribution in [-0.4, -0.2) is 18.9 Å². The number of nitrogens with zero attached hydrogens (tertiary/aromatic N) is 4. The van der Waals surface area contributed by atoms with Gasteiger partial charge in [0.05, 0.1) is 11.4 Å². The first-order valence-electron chi connectivity index (χ1n) is 9.57. The summed E-state index contributed by atoms with van der Waals surface area (Å²) in [5, 5.41) is 4.83. The molecule has 4 aromatic rings. The van der Waals surface area contributed by atoms with Crippen LogP contribution in [0.2, 0.25) is 0 Å². The molecule has 0 bridgehead atoms. The monoisotopic (exact) mass is 418 g/mol. The van der Waals surface area contributed by atoms with Gasteiger partial charge in [0, 0.05) is 54.7 Å². The maximum absolute atomic E-state index is 12.1. The van der Waals surface area contributed by atoms with Crippen LogP contribution in [0, 0.1) is 0 Å². The zero-order chi connectivity index (χ0) is 21.1. The fourth-order valence-corrected chi connectivity index (χ4v) is 4.27. The normalized spacial score (nSPS) is 11.0. The molecule has 0 aliphatic carbocycles. The second-order valence-corrected chi connectivity index (χ2v) is 8.00. The van der Waals surface area contributed by atoms with Crippen molar-refractivity contribution in [3.05, 3.63) is 105 Å². The smallest absolute Gasteiger partial charge is 0.300 e. The van der Waals surface area contributed by atoms with Crippen LogP contribution in [0.5, 0.6) is 0 Å². The Bertz CT molecular complexity index is 1270. The topological polar surface area (TPSA) is 61.8 Å². The predicted octanol–water partition coefficient (Wildman–Crippen LogP) is 3.37. The molecule has 2 aromatic carbocycles. The molecule has 0 radical (unpaired) electrons. The predicted molar refractivity (Wildman–Crippen MR) is 121 cm³/mol. The number of benzene rings is 2. The molecule has 0 aliphatic heterocycles. The molecule has 2 aromatic heterocycles. The van der Waals surface area contributed by atoms with Crippen molar-refractivity contribution in [3.63, 3.8) is 0 Å². The molecule has 7 heteroatoms. The van der Waals surface area contributed by atoms with Gasteiger partial charge in [0.1, 0.15) is 0 Å². The standard InChI is InChI=1S/C23H22N4O2S/c1-25-20(13-21(28)26(2)23(25)29)16-30-15-18-14-27(19-11-7-4-8-12-19)24-22(18)17-9-5-3-6-10-17/h3-14H,15-16H2,1-2H3. The number of hydrogen-bond donors (Lipinski definition) is 0. The molecule has 6 nitrogen and oxygen atoms in total. The van der Waals surface area contributed by atoms with Gasteiger partial charge in [-0.25, -0.2) is 9.48 Å². The summed E-state index contributed by atoms with van der Waals surface area (Å²) in [7, 11) is 3.19. The number of hydrogen-bond acceptors (Lipinski definition) is 4. The van der Waals surface area contributed by atoms with Gasteiger partial charge >= 0.3 is 5.69 Å². The number of rotatable bonds is 6. The van der Waals surface area contributed by atoms with E-state index in [4.69, 9.17) is 5.10 Å². The van der Waals surface area contributed by atoms with Crippen molar-refractivity contribution in [2.75, 3.05) is 0 Å². The van der Waals surface area contributed by atoms with Crippen LogP contribution in [0.3, 0.4) is 0 Å². The molecule has 0 spiro atoms. The molecule has 0 amide bonds. The van der Waals surface area contributed by atoms with Crippen LogP contribution in [0.15, 0.2) is 82.5 Å². The van der Waals surface area contributed by atoms with Gasteiger partial charge in [0.15, 0.2) is 0 Å². The average molecular weight is 419 g/mol. The minimum Gasteiger partial charge on any atom is -0.300 e. The molecular weight excluding hydrogens is 396 g/mol. The number of thioether (sulfide) groups is 1. The highest BCUT2D eigenvalue weighted by atomic mass is 32.2. The summed E-state index contributed by atoms with van der Waals surface area (Å²) in [6.07, 6.45) is 2.05. The highest BCUT2D eigenvalue weighted by Crippen LogP contribution is 2.27. The van der Waals surface area contributed by atoms with E-state index in [1.54, 1.807) is 18.8 Å². The summed E-state index contributed by atoms with van der Waals surface area (Å²) in [4.78, 5) is 24.1. The van der Waals surface area contributed by atoms with Crippen molar-refractivity contribution < 1.29 is 0 Å². The van der Waals surface area contributed by atoms with Crippen LogP contribution in [-0.2, 0) is 25.6 Å². The molecule has 0 saturated heterocycles. The molecule has 2 heterocycles. The maximum atomic E-state index is 12.1. The third kappa shape index (κ3) is 4.02. The first-order valence-corrected chi connectivity index (χ1v) is 10.7. The summed E-state index contributed by atoms with van der Waals surface area (Å²) in [6.45, 7) is 0. The van der Waals surface area contributed by atoms with Gasteiger partial charge in [0.2, 0.25) is 0 Å². The quantitative estimate of drug-likeness (QED) is 0.482. The van der Waals surface area contributed by atoms with Crippen molar-refractivity contribution in [1.82, 2.24) is 18.9 Å². The lowest BCUT2D eigenvalue weighted by Crippen LogP contribution is -2.37. The Morgan fingerprint density at radius 1 is 0.867 bits per heavy atom. The third-order valence-corrected chi connectivity index (χ3v) is 6.01. The Balaban J connectivity index is 1.62. The van der Waals surface area contributed by atoms with Crippen LogP contribution < -0.4 is 11.2 Å². The minimum absolute atomic E-state index is 0.282. The molecule has 0 aliphatic rings. The molecular formula is C23H22N4O2S. The molecule has 0 saturated carbocycles. The lowest BCUT2D eigenvalue weighted by atomic mass is 10.1. The zero-order valence-electron chi connectivity index (χ0n) is 16.9. The second-order valence-electron chi connectivity index (χ2n) is 7.02. The fourth-order valence-electron chi connectivity index (χ4n) is 3.25. The average Bonchev–Trinajstić information content (AvgIpc) is 3.21. The van der Waals surface area contributed by atoms with Gasteiger partial charge in [-0.3, -0.25) is 13.9 Å². The Morgan fingerprint density at radius 3 is 2.23 bits per heavy atom. The summed E-state index contributed by atoms with van der Waals surface area (Å²) < 4.78 is 4.54. The molecule has 4 rings (SSSR count). The van der Waals surface area contributed by atoms with E-state index in [0.29, 0.717) is 17.2 Å². The van der Waals surface area contributed by atoms with Crippen molar-refractivity contribution in [3.8, 4) is 16.9 Å². The number of para-hydroxylation sites is 1. The van der Waals surface area contributed by atoms with Gasteiger partial charge < -0.3 is 0 Å². The van der Waals surface area contributed by atoms with Crippen LogP contribution in [0.1, 0.15) is 11.3 Å². The molecule has 0 N–H and O–H groups in total. The van der Waals surface area contributed by atoms with E-state index in [2.05, 4.69) is 12.1 Å². The Morgan fingerprint density at radius 2 is 1.53 bits per heavy atom. The van der Waals surface area contributed by atoms with E-state index in [0.717, 1.165) is 27.1 Å². The van der Waals surface area contributed by atoms with Crippen LogP contribution in [0.25, 0.3) is 16.9 Å². The van der Waals surface area contributed by atoms with Gasteiger partial charge in [-0.05, 0) is 12.1 Å². The van der Waals surface area contributed by atoms with E-state index in [9.17, 15) is 9.59 Å². The largest absolute Gasteiger partial charge is 0.330 e. The van der Waals surface area contributed by atoms with Gasteiger partial charge in [-0.15, -0.1) is 0 Å². The third-order valence-electron chi connectivity index (χ3n) is 4.99. The molecule has 0 fully saturated rings. The minimum atomic E-state index is -0.306. The van der Waals surface area contributed by atoms with E-state index in [1.807, 2.05) is 59.4 Å². The first-order chi connectivity index (χ1) is 14.5. The van der Waals surface area contributed by atoms with E-state index in [-0.39, 0.29) is 11.2 Å². The fraction of sp³-hybridized carbons (Fsp3) is 0.174. The van der Waals surface area contributed by atoms with E-state index in [1.165, 1.54) is 17.7 Å². The van der Waals surface area contributed by atoms with E-state index >= 15 is 0 Å². The lowest BCUT2D eigenvalue weighted by Gasteiger charge is -2.09.